The monoisotopic (exact) mass is 355 g/mol. The topological polar surface area (TPSA) is 79.2 Å². The SMILES string of the molecule is Cn1ncc2c(N3CCN(C(=O)C4CC45CCNCC5)CC3)ncnc21. The summed E-state index contributed by atoms with van der Waals surface area (Å²) in [6.45, 7) is 5.30. The van der Waals surface area contributed by atoms with E-state index < -0.39 is 0 Å². The molecular weight excluding hydrogens is 330 g/mol. The zero-order valence-electron chi connectivity index (χ0n) is 15.2. The van der Waals surface area contributed by atoms with Gasteiger partial charge in [-0.15, -0.1) is 0 Å². The number of piperazine rings is 1. The molecule has 1 N–H and O–H groups in total. The predicted molar refractivity (Wildman–Crippen MR) is 97.7 cm³/mol. The standard InChI is InChI=1S/C18H25N7O/c1-23-15-13(11-22-23)16(21-12-20-15)24-6-8-25(9-7-24)17(26)14-10-18(14)2-4-19-5-3-18/h11-12,14,19H,2-10H2,1H3. The van der Waals surface area contributed by atoms with Gasteiger partial charge in [0.1, 0.15) is 12.1 Å². The van der Waals surface area contributed by atoms with E-state index in [4.69, 9.17) is 0 Å². The quantitative estimate of drug-likeness (QED) is 0.840. The van der Waals surface area contributed by atoms with Crippen LogP contribution in [0.3, 0.4) is 0 Å². The van der Waals surface area contributed by atoms with Crippen molar-refractivity contribution in [3.05, 3.63) is 12.5 Å². The Kier molecular flexibility index (Phi) is 3.63. The molecule has 1 unspecified atom stereocenters. The van der Waals surface area contributed by atoms with Crippen molar-refractivity contribution >= 4 is 22.8 Å². The number of hydrogen-bond donors (Lipinski definition) is 1. The van der Waals surface area contributed by atoms with Gasteiger partial charge in [-0.05, 0) is 37.8 Å². The van der Waals surface area contributed by atoms with E-state index in [2.05, 4.69) is 30.2 Å². The fourth-order valence-corrected chi connectivity index (χ4v) is 4.73. The first-order valence-electron chi connectivity index (χ1n) is 9.55. The lowest BCUT2D eigenvalue weighted by Crippen LogP contribution is -2.50. The normalized spacial score (nSPS) is 25.0. The Morgan fingerprint density at radius 2 is 1.96 bits per heavy atom. The minimum absolute atomic E-state index is 0.264. The van der Waals surface area contributed by atoms with Crippen LogP contribution in [0, 0.1) is 11.3 Å². The summed E-state index contributed by atoms with van der Waals surface area (Å²) in [5.74, 6) is 1.57. The first kappa shape index (κ1) is 16.0. The van der Waals surface area contributed by atoms with Gasteiger partial charge in [0, 0.05) is 39.1 Å². The first-order chi connectivity index (χ1) is 12.7. The summed E-state index contributed by atoms with van der Waals surface area (Å²) in [6.07, 6.45) is 6.83. The van der Waals surface area contributed by atoms with Crippen LogP contribution < -0.4 is 10.2 Å². The molecule has 0 radical (unpaired) electrons. The minimum Gasteiger partial charge on any atom is -0.352 e. The van der Waals surface area contributed by atoms with E-state index in [-0.39, 0.29) is 5.92 Å². The highest BCUT2D eigenvalue weighted by Crippen LogP contribution is 2.59. The number of hydrogen-bond acceptors (Lipinski definition) is 6. The summed E-state index contributed by atoms with van der Waals surface area (Å²) in [5, 5.41) is 8.68. The Morgan fingerprint density at radius 1 is 1.19 bits per heavy atom. The summed E-state index contributed by atoms with van der Waals surface area (Å²) in [5.41, 5.74) is 1.16. The number of aryl methyl sites for hydroxylation is 1. The Morgan fingerprint density at radius 3 is 2.73 bits per heavy atom. The summed E-state index contributed by atoms with van der Waals surface area (Å²) in [7, 11) is 1.89. The van der Waals surface area contributed by atoms with Crippen LogP contribution in [0.25, 0.3) is 11.0 Å². The summed E-state index contributed by atoms with van der Waals surface area (Å²) in [6, 6.07) is 0. The maximum Gasteiger partial charge on any atom is 0.226 e. The molecule has 1 aliphatic carbocycles. The molecule has 3 aliphatic rings. The van der Waals surface area contributed by atoms with Gasteiger partial charge in [0.25, 0.3) is 0 Å². The van der Waals surface area contributed by atoms with E-state index in [1.807, 2.05) is 13.2 Å². The van der Waals surface area contributed by atoms with Crippen molar-refractivity contribution < 1.29 is 4.79 Å². The van der Waals surface area contributed by atoms with Crippen molar-refractivity contribution in [3.8, 4) is 0 Å². The highest BCUT2D eigenvalue weighted by Gasteiger charge is 2.58. The summed E-state index contributed by atoms with van der Waals surface area (Å²) < 4.78 is 1.77. The van der Waals surface area contributed by atoms with Gasteiger partial charge in [0.15, 0.2) is 5.65 Å². The Bertz CT molecular complexity index is 833. The van der Waals surface area contributed by atoms with Gasteiger partial charge < -0.3 is 15.1 Å². The molecule has 8 heteroatoms. The molecule has 0 bridgehead atoms. The smallest absolute Gasteiger partial charge is 0.226 e. The molecule has 1 spiro atoms. The average molecular weight is 355 g/mol. The van der Waals surface area contributed by atoms with Crippen molar-refractivity contribution in [1.29, 1.82) is 0 Å². The maximum atomic E-state index is 12.9. The van der Waals surface area contributed by atoms with E-state index in [0.29, 0.717) is 11.3 Å². The molecule has 2 saturated heterocycles. The Labute approximate surface area is 152 Å². The lowest BCUT2D eigenvalue weighted by Gasteiger charge is -2.36. The number of nitrogens with one attached hydrogen (secondary N) is 1. The van der Waals surface area contributed by atoms with Gasteiger partial charge in [-0.1, -0.05) is 0 Å². The number of fused-ring (bicyclic) bond motifs is 1. The Balaban J connectivity index is 1.26. The van der Waals surface area contributed by atoms with E-state index in [9.17, 15) is 4.79 Å². The maximum absolute atomic E-state index is 12.9. The van der Waals surface area contributed by atoms with E-state index in [1.54, 1.807) is 11.0 Å². The Hall–Kier alpha value is -2.22. The van der Waals surface area contributed by atoms with E-state index >= 15 is 0 Å². The van der Waals surface area contributed by atoms with Crippen molar-refractivity contribution in [2.24, 2.45) is 18.4 Å². The number of amides is 1. The molecular formula is C18H25N7O. The van der Waals surface area contributed by atoms with Crippen LogP contribution >= 0.6 is 0 Å². The molecule has 5 rings (SSSR count). The number of carbonyl (C=O) groups is 1. The highest BCUT2D eigenvalue weighted by molar-refractivity contribution is 5.87. The fraction of sp³-hybridized carbons (Fsp3) is 0.667. The van der Waals surface area contributed by atoms with Crippen molar-refractivity contribution in [2.45, 2.75) is 19.3 Å². The van der Waals surface area contributed by atoms with Crippen LogP contribution in [0.4, 0.5) is 5.82 Å². The zero-order valence-corrected chi connectivity index (χ0v) is 15.2. The van der Waals surface area contributed by atoms with E-state index in [0.717, 1.165) is 75.4 Å². The highest BCUT2D eigenvalue weighted by atomic mass is 16.2. The largest absolute Gasteiger partial charge is 0.352 e. The van der Waals surface area contributed by atoms with Crippen molar-refractivity contribution in [2.75, 3.05) is 44.2 Å². The molecule has 1 atom stereocenters. The third-order valence-electron chi connectivity index (χ3n) is 6.49. The van der Waals surface area contributed by atoms with E-state index in [1.165, 1.54) is 0 Å². The molecule has 0 aromatic carbocycles. The van der Waals surface area contributed by atoms with Crippen LogP contribution in [0.5, 0.6) is 0 Å². The fourth-order valence-electron chi connectivity index (χ4n) is 4.73. The van der Waals surface area contributed by atoms with Gasteiger partial charge in [0.2, 0.25) is 5.91 Å². The molecule has 138 valence electrons. The zero-order chi connectivity index (χ0) is 17.7. The van der Waals surface area contributed by atoms with Crippen LogP contribution in [0.1, 0.15) is 19.3 Å². The molecule has 1 saturated carbocycles. The number of aromatic nitrogens is 4. The molecule has 2 aromatic rings. The van der Waals surface area contributed by atoms with Crippen LogP contribution in [-0.2, 0) is 11.8 Å². The molecule has 2 aromatic heterocycles. The second-order valence-corrected chi connectivity index (χ2v) is 7.88. The molecule has 1 amide bonds. The first-order valence-corrected chi connectivity index (χ1v) is 9.55. The van der Waals surface area contributed by atoms with Gasteiger partial charge in [-0.3, -0.25) is 9.48 Å². The summed E-state index contributed by atoms with van der Waals surface area (Å²) >= 11 is 0. The number of anilines is 1. The second-order valence-electron chi connectivity index (χ2n) is 7.88. The lowest BCUT2D eigenvalue weighted by molar-refractivity contribution is -0.133. The third-order valence-corrected chi connectivity index (χ3v) is 6.49. The van der Waals surface area contributed by atoms with Crippen LogP contribution in [0.15, 0.2) is 12.5 Å². The van der Waals surface area contributed by atoms with Crippen LogP contribution in [0.2, 0.25) is 0 Å². The van der Waals surface area contributed by atoms with Gasteiger partial charge >= 0.3 is 0 Å². The summed E-state index contributed by atoms with van der Waals surface area (Å²) in [4.78, 5) is 26.1. The lowest BCUT2D eigenvalue weighted by atomic mass is 9.91. The van der Waals surface area contributed by atoms with Crippen molar-refractivity contribution in [1.82, 2.24) is 30.0 Å². The molecule has 2 aliphatic heterocycles. The van der Waals surface area contributed by atoms with Crippen molar-refractivity contribution in [3.63, 3.8) is 0 Å². The minimum atomic E-state index is 0.264. The number of rotatable bonds is 2. The molecule has 8 nitrogen and oxygen atoms in total. The second kappa shape index (κ2) is 5.90. The average Bonchev–Trinajstić information content (AvgIpc) is 3.24. The van der Waals surface area contributed by atoms with Gasteiger partial charge in [-0.25, -0.2) is 9.97 Å². The molecule has 4 heterocycles. The van der Waals surface area contributed by atoms with Crippen LogP contribution in [-0.4, -0.2) is 69.8 Å². The number of nitrogens with zero attached hydrogens (tertiary/aromatic N) is 6. The molecule has 3 fully saturated rings. The van der Waals surface area contributed by atoms with Gasteiger partial charge in [0.05, 0.1) is 11.6 Å². The van der Waals surface area contributed by atoms with Gasteiger partial charge in [-0.2, -0.15) is 5.10 Å². The predicted octanol–water partition coefficient (Wildman–Crippen LogP) is 0.402. The molecule has 26 heavy (non-hydrogen) atoms. The third kappa shape index (κ3) is 2.46. The number of piperidine rings is 1. The number of carbonyl (C=O) groups excluding carboxylic acids is 1.